The predicted octanol–water partition coefficient (Wildman–Crippen LogP) is 12.6. The zero-order valence-corrected chi connectivity index (χ0v) is 31.2. The minimum absolute atomic E-state index is 0.505. The van der Waals surface area contributed by atoms with Crippen LogP contribution in [0.3, 0.4) is 0 Å². The molecule has 0 amide bonds. The summed E-state index contributed by atoms with van der Waals surface area (Å²) in [5.41, 5.74) is 11.5. The van der Waals surface area contributed by atoms with E-state index in [2.05, 4.69) is 124 Å². The normalized spacial score (nSPS) is 11.4. The number of hydrogen-bond acceptors (Lipinski definition) is 4. The van der Waals surface area contributed by atoms with Crippen LogP contribution in [0.4, 0.5) is 0 Å². The lowest BCUT2D eigenvalue weighted by molar-refractivity contribution is 1.07. The molecule has 0 aliphatic heterocycles. The van der Waals surface area contributed by atoms with Crippen molar-refractivity contribution in [3.8, 4) is 62.7 Å². The molecule has 58 heavy (non-hydrogen) atoms. The molecule has 6 heteroatoms. The Morgan fingerprint density at radius 3 is 1.48 bits per heavy atom. The maximum Gasteiger partial charge on any atom is 0.164 e. The highest BCUT2D eigenvalue weighted by Gasteiger charge is 2.22. The van der Waals surface area contributed by atoms with Gasteiger partial charge in [0, 0.05) is 55.2 Å². The highest BCUT2D eigenvalue weighted by molar-refractivity contribution is 6.22. The summed E-state index contributed by atoms with van der Waals surface area (Å²) in [5, 5.41) is 15.4. The molecule has 0 atom stereocenters. The van der Waals surface area contributed by atoms with Gasteiger partial charge in [0.1, 0.15) is 0 Å². The quantitative estimate of drug-likeness (QED) is 0.170. The number of fused-ring (bicyclic) bond motifs is 6. The SMILES string of the molecule is N#Cc1cc(-c2nc(-c3ccccc3)nc(-c3ccccc3)n2)ccc1-c1cccc2c1c1cc3c(cc1n2-c1ccccc1)c1ccccc1n3-c1ccccc1. The van der Waals surface area contributed by atoms with Crippen molar-refractivity contribution in [3.05, 3.63) is 200 Å². The number of benzene rings is 8. The Balaban J connectivity index is 1.16. The molecule has 270 valence electrons. The third-order valence-corrected chi connectivity index (χ3v) is 11.0. The van der Waals surface area contributed by atoms with Crippen LogP contribution >= 0.6 is 0 Å². The molecule has 0 radical (unpaired) electrons. The number of nitrogens with zero attached hydrogens (tertiary/aromatic N) is 6. The van der Waals surface area contributed by atoms with Gasteiger partial charge < -0.3 is 9.13 Å². The maximum absolute atomic E-state index is 10.9. The van der Waals surface area contributed by atoms with Crippen molar-refractivity contribution in [1.29, 1.82) is 5.26 Å². The van der Waals surface area contributed by atoms with Crippen LogP contribution in [-0.2, 0) is 0 Å². The lowest BCUT2D eigenvalue weighted by Crippen LogP contribution is -2.00. The third-order valence-electron chi connectivity index (χ3n) is 11.0. The summed E-state index contributed by atoms with van der Waals surface area (Å²) in [6.07, 6.45) is 0. The number of para-hydroxylation sites is 3. The topological polar surface area (TPSA) is 72.3 Å². The molecular weight excluding hydrogens is 709 g/mol. The Morgan fingerprint density at radius 1 is 0.362 bits per heavy atom. The van der Waals surface area contributed by atoms with Gasteiger partial charge in [-0.1, -0.05) is 140 Å². The molecule has 0 aliphatic rings. The second-order valence-electron chi connectivity index (χ2n) is 14.4. The van der Waals surface area contributed by atoms with E-state index >= 15 is 0 Å². The van der Waals surface area contributed by atoms with E-state index in [1.165, 1.54) is 10.8 Å². The van der Waals surface area contributed by atoms with E-state index in [1.54, 1.807) is 0 Å². The summed E-state index contributed by atoms with van der Waals surface area (Å²) in [5.74, 6) is 1.65. The van der Waals surface area contributed by atoms with Gasteiger partial charge in [0.25, 0.3) is 0 Å². The van der Waals surface area contributed by atoms with Gasteiger partial charge >= 0.3 is 0 Å². The van der Waals surface area contributed by atoms with Crippen LogP contribution in [0.15, 0.2) is 194 Å². The van der Waals surface area contributed by atoms with Crippen molar-refractivity contribution < 1.29 is 0 Å². The second kappa shape index (κ2) is 13.6. The van der Waals surface area contributed by atoms with Crippen molar-refractivity contribution >= 4 is 43.6 Å². The smallest absolute Gasteiger partial charge is 0.164 e. The highest BCUT2D eigenvalue weighted by atomic mass is 15.0. The Labute approximate surface area is 334 Å². The lowest BCUT2D eigenvalue weighted by Gasteiger charge is -2.12. The predicted molar refractivity (Wildman–Crippen MR) is 235 cm³/mol. The molecule has 0 spiro atoms. The summed E-state index contributed by atoms with van der Waals surface area (Å²) < 4.78 is 4.71. The Hall–Kier alpha value is -8.14. The van der Waals surface area contributed by atoms with Gasteiger partial charge in [0.15, 0.2) is 17.5 Å². The standard InChI is InChI=1S/C52H32N6/c53-33-37-30-36(52-55-50(34-16-5-1-6-17-34)54-51(56-52)35-18-7-2-8-19-35)28-29-40(37)42-25-15-27-46-49(42)44-32-47-43(31-48(44)58(46)39-22-11-4-12-23-39)41-24-13-14-26-45(41)57(47)38-20-9-3-10-21-38/h1-32H. The molecule has 6 nitrogen and oxygen atoms in total. The van der Waals surface area contributed by atoms with Gasteiger partial charge in [-0.05, 0) is 60.2 Å². The summed E-state index contributed by atoms with van der Waals surface area (Å²) in [6, 6.07) is 69.1. The maximum atomic E-state index is 10.9. The lowest BCUT2D eigenvalue weighted by atomic mass is 9.94. The van der Waals surface area contributed by atoms with E-state index in [-0.39, 0.29) is 0 Å². The minimum Gasteiger partial charge on any atom is -0.309 e. The van der Waals surface area contributed by atoms with Crippen molar-refractivity contribution in [2.75, 3.05) is 0 Å². The monoisotopic (exact) mass is 740 g/mol. The van der Waals surface area contributed by atoms with Crippen LogP contribution in [0.1, 0.15) is 5.56 Å². The molecule has 0 unspecified atom stereocenters. The fraction of sp³-hybridized carbons (Fsp3) is 0. The average Bonchev–Trinajstić information content (AvgIpc) is 3.81. The number of hydrogen-bond donors (Lipinski definition) is 0. The molecule has 0 bridgehead atoms. The summed E-state index contributed by atoms with van der Waals surface area (Å²) >= 11 is 0. The van der Waals surface area contributed by atoms with E-state index < -0.39 is 0 Å². The van der Waals surface area contributed by atoms with E-state index in [1.807, 2.05) is 84.9 Å². The molecule has 0 aliphatic carbocycles. The van der Waals surface area contributed by atoms with E-state index in [9.17, 15) is 5.26 Å². The summed E-state index contributed by atoms with van der Waals surface area (Å²) in [4.78, 5) is 14.8. The average molecular weight is 741 g/mol. The second-order valence-corrected chi connectivity index (χ2v) is 14.4. The molecule has 0 saturated carbocycles. The first-order valence-corrected chi connectivity index (χ1v) is 19.3. The van der Waals surface area contributed by atoms with Crippen LogP contribution < -0.4 is 0 Å². The van der Waals surface area contributed by atoms with Crippen LogP contribution in [0.2, 0.25) is 0 Å². The molecule has 3 heterocycles. The van der Waals surface area contributed by atoms with Crippen molar-refractivity contribution in [2.24, 2.45) is 0 Å². The number of nitriles is 1. The van der Waals surface area contributed by atoms with Gasteiger partial charge in [-0.15, -0.1) is 0 Å². The molecule has 0 saturated heterocycles. The molecule has 0 N–H and O–H groups in total. The molecular formula is C52H32N6. The molecule has 3 aromatic heterocycles. The summed E-state index contributed by atoms with van der Waals surface area (Å²) in [7, 11) is 0. The highest BCUT2D eigenvalue weighted by Crippen LogP contribution is 2.43. The summed E-state index contributed by atoms with van der Waals surface area (Å²) in [6.45, 7) is 0. The van der Waals surface area contributed by atoms with Gasteiger partial charge in [-0.2, -0.15) is 5.26 Å². The molecule has 8 aromatic carbocycles. The first-order valence-electron chi connectivity index (χ1n) is 19.3. The van der Waals surface area contributed by atoms with Crippen molar-refractivity contribution in [2.45, 2.75) is 0 Å². The van der Waals surface area contributed by atoms with Crippen molar-refractivity contribution in [1.82, 2.24) is 24.1 Å². The number of rotatable bonds is 6. The zero-order valence-electron chi connectivity index (χ0n) is 31.2. The van der Waals surface area contributed by atoms with Crippen LogP contribution in [0.25, 0.3) is 100 Å². The van der Waals surface area contributed by atoms with E-state index in [4.69, 9.17) is 15.0 Å². The van der Waals surface area contributed by atoms with Crippen LogP contribution in [0.5, 0.6) is 0 Å². The first-order chi connectivity index (χ1) is 28.7. The Bertz CT molecular complexity index is 3320. The van der Waals surface area contributed by atoms with Crippen LogP contribution in [-0.4, -0.2) is 24.1 Å². The zero-order chi connectivity index (χ0) is 38.6. The van der Waals surface area contributed by atoms with Gasteiger partial charge in [0.2, 0.25) is 0 Å². The largest absolute Gasteiger partial charge is 0.309 e. The minimum atomic E-state index is 0.505. The van der Waals surface area contributed by atoms with Gasteiger partial charge in [-0.25, -0.2) is 15.0 Å². The fourth-order valence-corrected chi connectivity index (χ4v) is 8.41. The van der Waals surface area contributed by atoms with Crippen LogP contribution in [0, 0.1) is 11.3 Å². The van der Waals surface area contributed by atoms with Gasteiger partial charge in [0.05, 0.1) is 33.7 Å². The molecule has 11 rings (SSSR count). The first kappa shape index (κ1) is 33.2. The number of aromatic nitrogens is 5. The van der Waals surface area contributed by atoms with Gasteiger partial charge in [-0.3, -0.25) is 0 Å². The third kappa shape index (κ3) is 5.37. The van der Waals surface area contributed by atoms with Crippen molar-refractivity contribution in [3.63, 3.8) is 0 Å². The molecule has 11 aromatic rings. The Morgan fingerprint density at radius 2 is 0.862 bits per heavy atom. The fourth-order valence-electron chi connectivity index (χ4n) is 8.41. The van der Waals surface area contributed by atoms with E-state index in [0.29, 0.717) is 23.0 Å². The Kier molecular flexibility index (Phi) is 7.76. The van der Waals surface area contributed by atoms with E-state index in [0.717, 1.165) is 72.0 Å². The molecule has 0 fully saturated rings.